The van der Waals surface area contributed by atoms with E-state index in [9.17, 15) is 4.79 Å². The first-order chi connectivity index (χ1) is 10.0. The molecule has 0 bridgehead atoms. The number of pyridine rings is 2. The average Bonchev–Trinajstić information content (AvgIpc) is 2.74. The summed E-state index contributed by atoms with van der Waals surface area (Å²) >= 11 is 3.24. The van der Waals surface area contributed by atoms with Gasteiger partial charge in [0.25, 0.3) is 5.91 Å². The molecule has 3 heterocycles. The van der Waals surface area contributed by atoms with Crippen molar-refractivity contribution in [2.24, 2.45) is 7.05 Å². The summed E-state index contributed by atoms with van der Waals surface area (Å²) in [6.45, 7) is 1.91. The lowest BCUT2D eigenvalue weighted by Crippen LogP contribution is -2.12. The molecule has 106 valence electrons. The maximum atomic E-state index is 12.1. The number of halogens is 1. The Morgan fingerprint density at radius 3 is 2.81 bits per heavy atom. The normalized spacial score (nSPS) is 10.8. The lowest BCUT2D eigenvalue weighted by Gasteiger charge is -2.05. The van der Waals surface area contributed by atoms with E-state index in [0.717, 1.165) is 16.7 Å². The summed E-state index contributed by atoms with van der Waals surface area (Å²) < 4.78 is 2.41. The van der Waals surface area contributed by atoms with Crippen LogP contribution in [0.4, 0.5) is 5.69 Å². The van der Waals surface area contributed by atoms with Gasteiger partial charge in [0.1, 0.15) is 4.60 Å². The van der Waals surface area contributed by atoms with E-state index in [0.29, 0.717) is 15.9 Å². The van der Waals surface area contributed by atoms with Gasteiger partial charge < -0.3 is 5.32 Å². The molecule has 0 saturated heterocycles. The van der Waals surface area contributed by atoms with Crippen molar-refractivity contribution in [1.29, 1.82) is 0 Å². The Morgan fingerprint density at radius 1 is 1.29 bits per heavy atom. The van der Waals surface area contributed by atoms with Gasteiger partial charge in [0.2, 0.25) is 0 Å². The van der Waals surface area contributed by atoms with Crippen LogP contribution in [0.3, 0.4) is 0 Å². The minimum atomic E-state index is -0.224. The van der Waals surface area contributed by atoms with Crippen LogP contribution in [-0.4, -0.2) is 25.7 Å². The standard InChI is InChI=1S/C14H12BrN5O/c1-8-11-5-10(7-17-13(11)20(2)19-8)18-14(21)9-3-4-12(15)16-6-9/h3-7H,1-2H3,(H,18,21). The summed E-state index contributed by atoms with van der Waals surface area (Å²) in [6.07, 6.45) is 3.13. The van der Waals surface area contributed by atoms with E-state index in [1.807, 2.05) is 20.0 Å². The van der Waals surface area contributed by atoms with E-state index in [2.05, 4.69) is 36.3 Å². The molecule has 3 aromatic rings. The van der Waals surface area contributed by atoms with Crippen LogP contribution in [0.5, 0.6) is 0 Å². The first-order valence-corrected chi connectivity index (χ1v) is 7.06. The lowest BCUT2D eigenvalue weighted by atomic mass is 10.2. The summed E-state index contributed by atoms with van der Waals surface area (Å²) in [5, 5.41) is 8.04. The molecule has 0 saturated carbocycles. The monoisotopic (exact) mass is 345 g/mol. The molecule has 0 fully saturated rings. The molecule has 0 aliphatic carbocycles. The number of hydrogen-bond donors (Lipinski definition) is 1. The third-order valence-corrected chi connectivity index (χ3v) is 3.58. The van der Waals surface area contributed by atoms with E-state index in [4.69, 9.17) is 0 Å². The second kappa shape index (κ2) is 5.25. The van der Waals surface area contributed by atoms with E-state index in [1.165, 1.54) is 6.20 Å². The second-order valence-electron chi connectivity index (χ2n) is 4.63. The van der Waals surface area contributed by atoms with Gasteiger partial charge in [-0.05, 0) is 41.1 Å². The van der Waals surface area contributed by atoms with Gasteiger partial charge in [-0.1, -0.05) is 0 Å². The van der Waals surface area contributed by atoms with Gasteiger partial charge in [0, 0.05) is 18.6 Å². The molecule has 0 radical (unpaired) electrons. The van der Waals surface area contributed by atoms with Crippen LogP contribution in [0.15, 0.2) is 35.2 Å². The van der Waals surface area contributed by atoms with Crippen molar-refractivity contribution in [1.82, 2.24) is 19.7 Å². The van der Waals surface area contributed by atoms with Crippen molar-refractivity contribution < 1.29 is 4.79 Å². The number of aryl methyl sites for hydroxylation is 2. The fourth-order valence-corrected chi connectivity index (χ4v) is 2.32. The zero-order chi connectivity index (χ0) is 15.0. The predicted octanol–water partition coefficient (Wildman–Crippen LogP) is 2.69. The molecule has 0 spiro atoms. The molecular weight excluding hydrogens is 334 g/mol. The van der Waals surface area contributed by atoms with Gasteiger partial charge >= 0.3 is 0 Å². The fourth-order valence-electron chi connectivity index (χ4n) is 2.09. The highest BCUT2D eigenvalue weighted by atomic mass is 79.9. The first-order valence-electron chi connectivity index (χ1n) is 6.27. The summed E-state index contributed by atoms with van der Waals surface area (Å²) in [4.78, 5) is 20.5. The maximum Gasteiger partial charge on any atom is 0.257 e. The fraction of sp³-hybridized carbons (Fsp3) is 0.143. The molecule has 3 aromatic heterocycles. The highest BCUT2D eigenvalue weighted by Gasteiger charge is 2.10. The Kier molecular flexibility index (Phi) is 3.42. The Bertz CT molecular complexity index is 825. The molecule has 0 unspecified atom stereocenters. The molecule has 0 atom stereocenters. The number of nitrogens with zero attached hydrogens (tertiary/aromatic N) is 4. The van der Waals surface area contributed by atoms with E-state index < -0.39 is 0 Å². The Morgan fingerprint density at radius 2 is 2.10 bits per heavy atom. The maximum absolute atomic E-state index is 12.1. The van der Waals surface area contributed by atoms with Crippen LogP contribution in [0.1, 0.15) is 16.1 Å². The van der Waals surface area contributed by atoms with Crippen LogP contribution < -0.4 is 5.32 Å². The third-order valence-electron chi connectivity index (χ3n) is 3.11. The van der Waals surface area contributed by atoms with Gasteiger partial charge in [-0.15, -0.1) is 0 Å². The quantitative estimate of drug-likeness (QED) is 0.724. The van der Waals surface area contributed by atoms with Gasteiger partial charge in [-0.25, -0.2) is 9.97 Å². The lowest BCUT2D eigenvalue weighted by molar-refractivity contribution is 0.102. The molecule has 0 aliphatic rings. The molecule has 0 aliphatic heterocycles. The van der Waals surface area contributed by atoms with Crippen LogP contribution in [0.2, 0.25) is 0 Å². The van der Waals surface area contributed by atoms with Crippen molar-refractivity contribution in [3.8, 4) is 0 Å². The van der Waals surface area contributed by atoms with Crippen molar-refractivity contribution in [2.45, 2.75) is 6.92 Å². The minimum Gasteiger partial charge on any atom is -0.321 e. The average molecular weight is 346 g/mol. The van der Waals surface area contributed by atoms with Crippen molar-refractivity contribution >= 4 is 38.6 Å². The van der Waals surface area contributed by atoms with Crippen molar-refractivity contribution in [2.75, 3.05) is 5.32 Å². The molecule has 3 rings (SSSR count). The Labute approximate surface area is 129 Å². The molecule has 6 nitrogen and oxygen atoms in total. The summed E-state index contributed by atoms with van der Waals surface area (Å²) in [5.41, 5.74) is 2.78. The number of fused-ring (bicyclic) bond motifs is 1. The van der Waals surface area contributed by atoms with E-state index in [-0.39, 0.29) is 5.91 Å². The van der Waals surface area contributed by atoms with Crippen molar-refractivity contribution in [3.05, 3.63) is 46.5 Å². The Balaban J connectivity index is 1.89. The van der Waals surface area contributed by atoms with Gasteiger partial charge in [-0.3, -0.25) is 9.48 Å². The SMILES string of the molecule is Cc1nn(C)c2ncc(NC(=O)c3ccc(Br)nc3)cc12. The summed E-state index contributed by atoms with van der Waals surface area (Å²) in [5.74, 6) is -0.224. The number of carbonyl (C=O) groups excluding carboxylic acids is 1. The molecule has 21 heavy (non-hydrogen) atoms. The van der Waals surface area contributed by atoms with Gasteiger partial charge in [0.15, 0.2) is 5.65 Å². The van der Waals surface area contributed by atoms with Crippen LogP contribution >= 0.6 is 15.9 Å². The largest absolute Gasteiger partial charge is 0.321 e. The molecule has 1 N–H and O–H groups in total. The minimum absolute atomic E-state index is 0.224. The van der Waals surface area contributed by atoms with Crippen molar-refractivity contribution in [3.63, 3.8) is 0 Å². The van der Waals surface area contributed by atoms with Crippen LogP contribution in [0, 0.1) is 6.92 Å². The number of amides is 1. The molecule has 1 amide bonds. The number of aromatic nitrogens is 4. The summed E-state index contributed by atoms with van der Waals surface area (Å²) in [6, 6.07) is 5.30. The van der Waals surface area contributed by atoms with Gasteiger partial charge in [0.05, 0.1) is 23.1 Å². The highest BCUT2D eigenvalue weighted by molar-refractivity contribution is 9.10. The van der Waals surface area contributed by atoms with Crippen LogP contribution in [-0.2, 0) is 7.05 Å². The number of hydrogen-bond acceptors (Lipinski definition) is 4. The molecular formula is C14H12BrN5O. The molecule has 0 aromatic carbocycles. The second-order valence-corrected chi connectivity index (χ2v) is 5.44. The van der Waals surface area contributed by atoms with Crippen LogP contribution in [0.25, 0.3) is 11.0 Å². The summed E-state index contributed by atoms with van der Waals surface area (Å²) in [7, 11) is 1.84. The number of carbonyl (C=O) groups is 1. The topological polar surface area (TPSA) is 72.7 Å². The Hall–Kier alpha value is -2.28. The van der Waals surface area contributed by atoms with E-state index in [1.54, 1.807) is 23.0 Å². The zero-order valence-electron chi connectivity index (χ0n) is 11.5. The zero-order valence-corrected chi connectivity index (χ0v) is 13.0. The van der Waals surface area contributed by atoms with Gasteiger partial charge in [-0.2, -0.15) is 5.10 Å². The van der Waals surface area contributed by atoms with E-state index >= 15 is 0 Å². The highest BCUT2D eigenvalue weighted by Crippen LogP contribution is 2.19. The third kappa shape index (κ3) is 2.64. The number of anilines is 1. The number of nitrogens with one attached hydrogen (secondary N) is 1. The first kappa shape index (κ1) is 13.7. The number of rotatable bonds is 2. The molecule has 7 heteroatoms. The predicted molar refractivity (Wildman–Crippen MR) is 83.1 cm³/mol. The smallest absolute Gasteiger partial charge is 0.257 e.